The first kappa shape index (κ1) is 26.2. The number of anilines is 1. The van der Waals surface area contributed by atoms with Gasteiger partial charge in [0.25, 0.3) is 5.79 Å². The minimum Gasteiger partial charge on any atom is -0.490 e. The van der Waals surface area contributed by atoms with Gasteiger partial charge in [0.1, 0.15) is 35.7 Å². The van der Waals surface area contributed by atoms with Crippen LogP contribution in [0.1, 0.15) is 22.3 Å². The third-order valence-corrected chi connectivity index (χ3v) is 8.25. The molecule has 1 unspecified atom stereocenters. The van der Waals surface area contributed by atoms with E-state index in [-0.39, 0.29) is 6.42 Å². The van der Waals surface area contributed by atoms with E-state index in [2.05, 4.69) is 13.6 Å². The van der Waals surface area contributed by atoms with Crippen molar-refractivity contribution in [3.8, 4) is 11.5 Å². The predicted molar refractivity (Wildman–Crippen MR) is 160 cm³/mol. The Morgan fingerprint density at radius 1 is 0.952 bits per heavy atom. The van der Waals surface area contributed by atoms with Crippen molar-refractivity contribution in [2.24, 2.45) is 0 Å². The number of aromatic nitrogens is 2. The summed E-state index contributed by atoms with van der Waals surface area (Å²) in [5.74, 6) is -1.13. The highest BCUT2D eigenvalue weighted by molar-refractivity contribution is 7.00. The third-order valence-electron chi connectivity index (χ3n) is 7.69. The Bertz CT molecular complexity index is 1820. The quantitative estimate of drug-likeness (QED) is 0.254. The van der Waals surface area contributed by atoms with Crippen molar-refractivity contribution in [2.75, 3.05) is 25.1 Å². The average Bonchev–Trinajstić information content (AvgIpc) is 3.58. The van der Waals surface area contributed by atoms with Crippen LogP contribution in [0.15, 0.2) is 96.6 Å². The molecule has 1 N–H and O–H groups in total. The van der Waals surface area contributed by atoms with Crippen LogP contribution in [-0.4, -0.2) is 40.0 Å². The first-order chi connectivity index (χ1) is 20.5. The maximum Gasteiger partial charge on any atom is 0.342 e. The Morgan fingerprint density at radius 2 is 1.76 bits per heavy atom. The standard InChI is InChI=1S/C33H27N3O5S/c1-36-15-16-39-30-14-7-22(18-29(30)36)17-26-31(23-8-13-27-28(19-23)35-42-34-27)32(37)41-33(26,38)24-9-11-25(12-10-24)40-20-21-5-3-2-4-6-21/h2-14,18-19,38H,15-17,20H2,1H3. The molecule has 0 aliphatic carbocycles. The Balaban J connectivity index is 1.27. The molecule has 3 heterocycles. The normalized spacial score (nSPS) is 18.1. The summed E-state index contributed by atoms with van der Waals surface area (Å²) in [5.41, 5.74) is 6.17. The first-order valence-corrected chi connectivity index (χ1v) is 14.4. The van der Waals surface area contributed by atoms with Gasteiger partial charge in [0.2, 0.25) is 0 Å². The number of esters is 1. The smallest absolute Gasteiger partial charge is 0.342 e. The number of cyclic esters (lactones) is 1. The van der Waals surface area contributed by atoms with Crippen LogP contribution in [0.25, 0.3) is 16.6 Å². The molecule has 0 amide bonds. The SMILES string of the molecule is CN1CCOc2ccc(CC3=C(c4ccc5nsnc5c4)C(=O)OC3(O)c3ccc(OCc4ccccc4)cc3)cc21. The van der Waals surface area contributed by atoms with Crippen LogP contribution < -0.4 is 14.4 Å². The van der Waals surface area contributed by atoms with Gasteiger partial charge in [0, 0.05) is 24.6 Å². The van der Waals surface area contributed by atoms with Crippen molar-refractivity contribution in [2.45, 2.75) is 18.8 Å². The molecule has 4 aromatic carbocycles. The fraction of sp³-hybridized carbons (Fsp3) is 0.182. The predicted octanol–water partition coefficient (Wildman–Crippen LogP) is 5.50. The molecule has 1 aromatic heterocycles. The van der Waals surface area contributed by atoms with Crippen molar-refractivity contribution < 1.29 is 24.1 Å². The van der Waals surface area contributed by atoms with E-state index in [9.17, 15) is 9.90 Å². The van der Waals surface area contributed by atoms with Crippen LogP contribution in [0.2, 0.25) is 0 Å². The molecular weight excluding hydrogens is 550 g/mol. The minimum atomic E-state index is -1.97. The Hall–Kier alpha value is -4.73. The van der Waals surface area contributed by atoms with E-state index in [1.54, 1.807) is 24.3 Å². The first-order valence-electron chi connectivity index (χ1n) is 13.6. The van der Waals surface area contributed by atoms with Crippen molar-refractivity contribution in [1.29, 1.82) is 0 Å². The van der Waals surface area contributed by atoms with Crippen LogP contribution in [0.3, 0.4) is 0 Å². The van der Waals surface area contributed by atoms with Crippen LogP contribution in [-0.2, 0) is 28.3 Å². The van der Waals surface area contributed by atoms with Crippen LogP contribution in [0.4, 0.5) is 5.69 Å². The topological polar surface area (TPSA) is 94.0 Å². The van der Waals surface area contributed by atoms with Crippen molar-refractivity contribution in [3.63, 3.8) is 0 Å². The molecule has 1 atom stereocenters. The molecule has 5 aromatic rings. The molecule has 8 nitrogen and oxygen atoms in total. The lowest BCUT2D eigenvalue weighted by molar-refractivity contribution is -0.185. The minimum absolute atomic E-state index is 0.276. The molecule has 0 radical (unpaired) electrons. The summed E-state index contributed by atoms with van der Waals surface area (Å²) in [7, 11) is 2.02. The molecule has 7 rings (SSSR count). The summed E-state index contributed by atoms with van der Waals surface area (Å²) in [4.78, 5) is 15.7. The maximum atomic E-state index is 13.5. The van der Waals surface area contributed by atoms with Gasteiger partial charge in [-0.05, 0) is 65.2 Å². The largest absolute Gasteiger partial charge is 0.490 e. The molecule has 0 saturated heterocycles. The van der Waals surface area contributed by atoms with Gasteiger partial charge in [-0.1, -0.05) is 42.5 Å². The summed E-state index contributed by atoms with van der Waals surface area (Å²) < 4.78 is 26.2. The highest BCUT2D eigenvalue weighted by Gasteiger charge is 2.48. The zero-order valence-electron chi connectivity index (χ0n) is 22.8. The second-order valence-corrected chi connectivity index (χ2v) is 10.9. The molecule has 2 aliphatic rings. The zero-order valence-corrected chi connectivity index (χ0v) is 23.6. The number of aliphatic hydroxyl groups is 1. The Kier molecular flexibility index (Phi) is 6.60. The van der Waals surface area contributed by atoms with Gasteiger partial charge >= 0.3 is 5.97 Å². The lowest BCUT2D eigenvalue weighted by Gasteiger charge is -2.29. The van der Waals surface area contributed by atoms with Gasteiger partial charge in [-0.25, -0.2) is 4.79 Å². The van der Waals surface area contributed by atoms with Crippen LogP contribution in [0.5, 0.6) is 11.5 Å². The second-order valence-electron chi connectivity index (χ2n) is 10.4. The molecule has 42 heavy (non-hydrogen) atoms. The molecule has 210 valence electrons. The molecule has 0 spiro atoms. The van der Waals surface area contributed by atoms with E-state index in [1.165, 1.54) is 0 Å². The molecule has 2 aliphatic heterocycles. The number of hydrogen-bond acceptors (Lipinski definition) is 9. The van der Waals surface area contributed by atoms with Gasteiger partial charge in [0.15, 0.2) is 0 Å². The van der Waals surface area contributed by atoms with E-state index >= 15 is 0 Å². The van der Waals surface area contributed by atoms with E-state index in [4.69, 9.17) is 14.2 Å². The Morgan fingerprint density at radius 3 is 2.60 bits per heavy atom. The number of likely N-dealkylation sites (N-methyl/N-ethyl adjacent to an activating group) is 1. The van der Waals surface area contributed by atoms with Gasteiger partial charge in [-0.3, -0.25) is 0 Å². The summed E-state index contributed by atoms with van der Waals surface area (Å²) in [6.07, 6.45) is 0.276. The summed E-state index contributed by atoms with van der Waals surface area (Å²) in [6, 6.07) is 28.3. The molecule has 9 heteroatoms. The molecule has 0 bridgehead atoms. The van der Waals surface area contributed by atoms with Gasteiger partial charge < -0.3 is 24.2 Å². The number of rotatable bonds is 7. The fourth-order valence-corrected chi connectivity index (χ4v) is 5.96. The maximum absolute atomic E-state index is 13.5. The van der Waals surface area contributed by atoms with E-state index in [0.29, 0.717) is 46.8 Å². The van der Waals surface area contributed by atoms with Crippen molar-refractivity contribution in [3.05, 3.63) is 119 Å². The summed E-state index contributed by atoms with van der Waals surface area (Å²) in [6.45, 7) is 1.81. The monoisotopic (exact) mass is 577 g/mol. The summed E-state index contributed by atoms with van der Waals surface area (Å²) in [5, 5.41) is 12.1. The number of hydrogen-bond donors (Lipinski definition) is 1. The number of nitrogens with zero attached hydrogens (tertiary/aromatic N) is 3. The average molecular weight is 578 g/mol. The summed E-state index contributed by atoms with van der Waals surface area (Å²) >= 11 is 1.11. The number of carbonyl (C=O) groups is 1. The highest BCUT2D eigenvalue weighted by atomic mass is 32.1. The molecular formula is C33H27N3O5S. The highest BCUT2D eigenvalue weighted by Crippen LogP contribution is 2.46. The van der Waals surface area contributed by atoms with E-state index in [1.807, 2.05) is 73.8 Å². The lowest BCUT2D eigenvalue weighted by Crippen LogP contribution is -2.30. The van der Waals surface area contributed by atoms with Gasteiger partial charge in [0.05, 0.1) is 29.5 Å². The van der Waals surface area contributed by atoms with Gasteiger partial charge in [-0.2, -0.15) is 8.75 Å². The van der Waals surface area contributed by atoms with Crippen molar-refractivity contribution in [1.82, 2.24) is 8.75 Å². The van der Waals surface area contributed by atoms with Gasteiger partial charge in [-0.15, -0.1) is 0 Å². The zero-order chi connectivity index (χ0) is 28.7. The molecule has 0 saturated carbocycles. The van der Waals surface area contributed by atoms with Crippen LogP contribution >= 0.6 is 11.7 Å². The fourth-order valence-electron chi connectivity index (χ4n) is 5.44. The van der Waals surface area contributed by atoms with Crippen molar-refractivity contribution >= 4 is 40.0 Å². The second kappa shape index (κ2) is 10.6. The van der Waals surface area contributed by atoms with Crippen LogP contribution in [0, 0.1) is 0 Å². The lowest BCUT2D eigenvalue weighted by atomic mass is 9.87. The Labute approximate surface area is 246 Å². The number of carbonyl (C=O) groups excluding carboxylic acids is 1. The number of ether oxygens (including phenoxy) is 3. The van der Waals surface area contributed by atoms with E-state index in [0.717, 1.165) is 46.4 Å². The molecule has 0 fully saturated rings. The number of benzene rings is 4. The third kappa shape index (κ3) is 4.76. The number of fused-ring (bicyclic) bond motifs is 2. The van der Waals surface area contributed by atoms with E-state index < -0.39 is 11.8 Å².